The van der Waals surface area contributed by atoms with Crippen molar-refractivity contribution in [3.63, 3.8) is 0 Å². The molecule has 0 aromatic heterocycles. The Labute approximate surface area is 138 Å². The van der Waals surface area contributed by atoms with Crippen LogP contribution >= 0.6 is 0 Å². The molecule has 0 N–H and O–H groups in total. The molecule has 0 amide bonds. The second kappa shape index (κ2) is 9.53. The van der Waals surface area contributed by atoms with Crippen LogP contribution in [0.15, 0.2) is 18.2 Å². The molecule has 23 heavy (non-hydrogen) atoms. The van der Waals surface area contributed by atoms with E-state index in [1.165, 1.54) is 0 Å². The Balaban J connectivity index is 1.75. The number of aldehydes is 1. The highest BCUT2D eigenvalue weighted by Gasteiger charge is 2.19. The van der Waals surface area contributed by atoms with Gasteiger partial charge in [0.1, 0.15) is 6.29 Å². The van der Waals surface area contributed by atoms with Gasteiger partial charge in [0.15, 0.2) is 11.5 Å². The summed E-state index contributed by atoms with van der Waals surface area (Å²) in [6.45, 7) is 6.62. The van der Waals surface area contributed by atoms with Crippen molar-refractivity contribution >= 4 is 6.29 Å². The third kappa shape index (κ3) is 5.52. The number of hydrogen-bond donors (Lipinski definition) is 0. The summed E-state index contributed by atoms with van der Waals surface area (Å²) in [4.78, 5) is 13.3. The van der Waals surface area contributed by atoms with Gasteiger partial charge in [0.25, 0.3) is 0 Å². The number of carbonyl (C=O) groups is 1. The van der Waals surface area contributed by atoms with E-state index >= 15 is 0 Å². The molecule has 0 radical (unpaired) electrons. The Morgan fingerprint density at radius 2 is 2.26 bits per heavy atom. The molecule has 1 fully saturated rings. The van der Waals surface area contributed by atoms with Crippen molar-refractivity contribution < 1.29 is 19.0 Å². The molecule has 128 valence electrons. The van der Waals surface area contributed by atoms with E-state index < -0.39 is 0 Å². The number of ether oxygens (including phenoxy) is 3. The number of methoxy groups -OCH3 is 1. The van der Waals surface area contributed by atoms with Crippen LogP contribution in [0.4, 0.5) is 0 Å². The molecule has 1 atom stereocenters. The van der Waals surface area contributed by atoms with E-state index in [1.54, 1.807) is 25.3 Å². The minimum atomic E-state index is 0.374. The third-order valence-electron chi connectivity index (χ3n) is 4.03. The van der Waals surface area contributed by atoms with E-state index in [0.717, 1.165) is 51.8 Å². The Bertz CT molecular complexity index is 490. The van der Waals surface area contributed by atoms with Crippen molar-refractivity contribution in [3.05, 3.63) is 23.8 Å². The molecule has 1 heterocycles. The lowest BCUT2D eigenvalue weighted by Gasteiger charge is -2.32. The molecule has 1 aromatic rings. The predicted molar refractivity (Wildman–Crippen MR) is 89.6 cm³/mol. The van der Waals surface area contributed by atoms with Gasteiger partial charge < -0.3 is 14.2 Å². The lowest BCUT2D eigenvalue weighted by atomic mass is 10.1. The molecule has 0 bridgehead atoms. The fraction of sp³-hybridized carbons (Fsp3) is 0.611. The molecule has 5 heteroatoms. The number of benzene rings is 1. The highest BCUT2D eigenvalue weighted by Crippen LogP contribution is 2.27. The first kappa shape index (κ1) is 17.8. The smallest absolute Gasteiger partial charge is 0.161 e. The Morgan fingerprint density at radius 3 is 3.00 bits per heavy atom. The lowest BCUT2D eigenvalue weighted by Crippen LogP contribution is -2.43. The van der Waals surface area contributed by atoms with Crippen molar-refractivity contribution in [1.29, 1.82) is 0 Å². The van der Waals surface area contributed by atoms with Crippen LogP contribution in [0.1, 0.15) is 36.5 Å². The summed E-state index contributed by atoms with van der Waals surface area (Å²) in [6, 6.07) is 5.20. The van der Waals surface area contributed by atoms with Crippen molar-refractivity contribution in [1.82, 2.24) is 4.90 Å². The SMILES string of the molecule is CCCC1CN(CCCOc2cc(C=O)ccc2OC)CCO1. The molecule has 2 rings (SSSR count). The summed E-state index contributed by atoms with van der Waals surface area (Å²) in [5, 5.41) is 0. The molecule has 0 aliphatic carbocycles. The first-order chi connectivity index (χ1) is 11.3. The van der Waals surface area contributed by atoms with Crippen LogP contribution in [0.25, 0.3) is 0 Å². The minimum Gasteiger partial charge on any atom is -0.493 e. The van der Waals surface area contributed by atoms with Gasteiger partial charge in [-0.15, -0.1) is 0 Å². The van der Waals surface area contributed by atoms with Gasteiger partial charge in [-0.2, -0.15) is 0 Å². The van der Waals surface area contributed by atoms with Crippen molar-refractivity contribution in [3.8, 4) is 11.5 Å². The van der Waals surface area contributed by atoms with Crippen LogP contribution in [0.2, 0.25) is 0 Å². The van der Waals surface area contributed by atoms with Crippen molar-refractivity contribution in [2.24, 2.45) is 0 Å². The van der Waals surface area contributed by atoms with Crippen molar-refractivity contribution in [2.45, 2.75) is 32.3 Å². The normalized spacial score (nSPS) is 18.6. The molecule has 0 saturated carbocycles. The molecule has 1 aromatic carbocycles. The maximum Gasteiger partial charge on any atom is 0.161 e. The van der Waals surface area contributed by atoms with Crippen LogP contribution in [0.3, 0.4) is 0 Å². The largest absolute Gasteiger partial charge is 0.493 e. The van der Waals surface area contributed by atoms with Crippen LogP contribution < -0.4 is 9.47 Å². The van der Waals surface area contributed by atoms with E-state index in [0.29, 0.717) is 29.8 Å². The molecule has 1 unspecified atom stereocenters. The fourth-order valence-corrected chi connectivity index (χ4v) is 2.83. The van der Waals surface area contributed by atoms with Crippen LogP contribution in [0, 0.1) is 0 Å². The van der Waals surface area contributed by atoms with Crippen LogP contribution in [-0.2, 0) is 4.74 Å². The van der Waals surface area contributed by atoms with Crippen LogP contribution in [0.5, 0.6) is 11.5 Å². The summed E-state index contributed by atoms with van der Waals surface area (Å²) < 4.78 is 16.8. The first-order valence-corrected chi connectivity index (χ1v) is 8.36. The number of hydrogen-bond acceptors (Lipinski definition) is 5. The molecule has 1 saturated heterocycles. The van der Waals surface area contributed by atoms with Gasteiger partial charge in [-0.3, -0.25) is 9.69 Å². The highest BCUT2D eigenvalue weighted by molar-refractivity contribution is 5.76. The van der Waals surface area contributed by atoms with E-state index in [1.807, 2.05) is 0 Å². The van der Waals surface area contributed by atoms with Gasteiger partial charge in [-0.05, 0) is 31.0 Å². The highest BCUT2D eigenvalue weighted by atomic mass is 16.5. The third-order valence-corrected chi connectivity index (χ3v) is 4.03. The van der Waals surface area contributed by atoms with E-state index in [9.17, 15) is 4.79 Å². The van der Waals surface area contributed by atoms with Gasteiger partial charge in [-0.25, -0.2) is 0 Å². The fourth-order valence-electron chi connectivity index (χ4n) is 2.83. The molecular weight excluding hydrogens is 294 g/mol. The summed E-state index contributed by atoms with van der Waals surface area (Å²) in [5.74, 6) is 1.29. The van der Waals surface area contributed by atoms with Gasteiger partial charge >= 0.3 is 0 Å². The molecule has 0 spiro atoms. The summed E-state index contributed by atoms with van der Waals surface area (Å²) >= 11 is 0. The minimum absolute atomic E-state index is 0.374. The number of carbonyl (C=O) groups excluding carboxylic acids is 1. The lowest BCUT2D eigenvalue weighted by molar-refractivity contribution is -0.0331. The van der Waals surface area contributed by atoms with Crippen molar-refractivity contribution in [2.75, 3.05) is 40.0 Å². The average molecular weight is 321 g/mol. The zero-order valence-corrected chi connectivity index (χ0v) is 14.1. The van der Waals surface area contributed by atoms with Crippen LogP contribution in [-0.4, -0.2) is 57.2 Å². The summed E-state index contributed by atoms with van der Waals surface area (Å²) in [7, 11) is 1.60. The quantitative estimate of drug-likeness (QED) is 0.517. The number of nitrogens with zero attached hydrogens (tertiary/aromatic N) is 1. The zero-order chi connectivity index (χ0) is 16.5. The van der Waals surface area contributed by atoms with Gasteiger partial charge in [0.2, 0.25) is 0 Å². The summed E-state index contributed by atoms with van der Waals surface area (Å²) in [5.41, 5.74) is 0.594. The van der Waals surface area contributed by atoms with Gasteiger partial charge in [0, 0.05) is 25.2 Å². The molecule has 5 nitrogen and oxygen atoms in total. The first-order valence-electron chi connectivity index (χ1n) is 8.36. The van der Waals surface area contributed by atoms with E-state index in [4.69, 9.17) is 14.2 Å². The topological polar surface area (TPSA) is 48.0 Å². The van der Waals surface area contributed by atoms with E-state index in [-0.39, 0.29) is 0 Å². The monoisotopic (exact) mass is 321 g/mol. The second-order valence-corrected chi connectivity index (χ2v) is 5.81. The maximum atomic E-state index is 10.9. The zero-order valence-electron chi connectivity index (χ0n) is 14.1. The Hall–Kier alpha value is -1.59. The van der Waals surface area contributed by atoms with Gasteiger partial charge in [-0.1, -0.05) is 13.3 Å². The van der Waals surface area contributed by atoms with Gasteiger partial charge in [0.05, 0.1) is 26.4 Å². The average Bonchev–Trinajstić information content (AvgIpc) is 2.59. The summed E-state index contributed by atoms with van der Waals surface area (Å²) in [6.07, 6.45) is 4.41. The number of rotatable bonds is 9. The Kier molecular flexibility index (Phi) is 7.36. The molecule has 1 aliphatic rings. The van der Waals surface area contributed by atoms with E-state index in [2.05, 4.69) is 11.8 Å². The Morgan fingerprint density at radius 1 is 1.39 bits per heavy atom. The molecular formula is C18H27NO4. The molecule has 1 aliphatic heterocycles. The maximum absolute atomic E-state index is 10.9. The second-order valence-electron chi connectivity index (χ2n) is 5.81. The number of morpholine rings is 1. The predicted octanol–water partition coefficient (Wildman–Crippen LogP) is 2.78. The standard InChI is InChI=1S/C18H27NO4/c1-3-5-16-13-19(9-11-22-16)8-4-10-23-18-12-15(14-20)6-7-17(18)21-2/h6-7,12,14,16H,3-5,8-11,13H2,1-2H3.